The van der Waals surface area contributed by atoms with E-state index >= 15 is 0 Å². The average Bonchev–Trinajstić information content (AvgIpc) is 2.85. The second-order valence-corrected chi connectivity index (χ2v) is 6.21. The van der Waals surface area contributed by atoms with Crippen LogP contribution in [0, 0.1) is 0 Å². The Hall–Kier alpha value is -1.49. The predicted molar refractivity (Wildman–Crippen MR) is 74.4 cm³/mol. The molecule has 1 N–H and O–H groups in total. The number of nitrogens with zero attached hydrogens (tertiary/aromatic N) is 1. The molecule has 1 aromatic heterocycles. The lowest BCUT2D eigenvalue weighted by Gasteiger charge is -2.33. The number of carbonyl (C=O) groups is 1. The molecule has 1 aliphatic rings. The third-order valence-corrected chi connectivity index (χ3v) is 3.47. The van der Waals surface area contributed by atoms with E-state index in [1.807, 2.05) is 20.8 Å². The molecule has 5 heteroatoms. The van der Waals surface area contributed by atoms with Crippen molar-refractivity contribution < 1.29 is 19.1 Å². The van der Waals surface area contributed by atoms with Crippen molar-refractivity contribution >= 4 is 6.09 Å². The van der Waals surface area contributed by atoms with Gasteiger partial charge in [0.15, 0.2) is 0 Å². The van der Waals surface area contributed by atoms with Gasteiger partial charge in [-0.25, -0.2) is 4.79 Å². The average molecular weight is 281 g/mol. The van der Waals surface area contributed by atoms with Crippen molar-refractivity contribution in [3.05, 3.63) is 23.7 Å². The third-order valence-electron chi connectivity index (χ3n) is 3.47. The van der Waals surface area contributed by atoms with Crippen molar-refractivity contribution in [2.75, 3.05) is 13.1 Å². The molecule has 1 aromatic rings. The zero-order chi connectivity index (χ0) is 14.8. The number of amides is 1. The van der Waals surface area contributed by atoms with Crippen molar-refractivity contribution in [1.82, 2.24) is 4.90 Å². The van der Waals surface area contributed by atoms with Gasteiger partial charge in [-0.2, -0.15) is 0 Å². The summed E-state index contributed by atoms with van der Waals surface area (Å²) in [5.74, 6) is 1.13. The maximum Gasteiger partial charge on any atom is 0.410 e. The highest BCUT2D eigenvalue weighted by Gasteiger charge is 2.29. The van der Waals surface area contributed by atoms with E-state index in [-0.39, 0.29) is 18.6 Å². The monoisotopic (exact) mass is 281 g/mol. The molecular formula is C15H23NO4. The summed E-state index contributed by atoms with van der Waals surface area (Å²) in [7, 11) is 0. The van der Waals surface area contributed by atoms with Crippen LogP contribution >= 0.6 is 0 Å². The van der Waals surface area contributed by atoms with Crippen molar-refractivity contribution in [1.29, 1.82) is 0 Å². The number of hydrogen-bond acceptors (Lipinski definition) is 4. The van der Waals surface area contributed by atoms with Crippen molar-refractivity contribution in [2.24, 2.45) is 0 Å². The van der Waals surface area contributed by atoms with Crippen LogP contribution in [0.25, 0.3) is 0 Å². The van der Waals surface area contributed by atoms with Gasteiger partial charge in [-0.05, 0) is 39.7 Å². The second kappa shape index (κ2) is 5.87. The minimum absolute atomic E-state index is 0.00187. The number of carbonyl (C=O) groups excluding carboxylic acids is 1. The lowest BCUT2D eigenvalue weighted by molar-refractivity contribution is 0.0200. The number of furan rings is 1. The molecular weight excluding hydrogens is 258 g/mol. The fourth-order valence-electron chi connectivity index (χ4n) is 2.49. The van der Waals surface area contributed by atoms with Gasteiger partial charge in [0.05, 0.1) is 12.9 Å². The van der Waals surface area contributed by atoms with Gasteiger partial charge < -0.3 is 19.2 Å². The maximum absolute atomic E-state index is 12.0. The van der Waals surface area contributed by atoms with Crippen molar-refractivity contribution in [2.45, 2.75) is 51.7 Å². The number of rotatable bonds is 2. The first-order valence-corrected chi connectivity index (χ1v) is 7.06. The number of aliphatic hydroxyl groups excluding tert-OH is 1. The van der Waals surface area contributed by atoms with Crippen LogP contribution in [0.1, 0.15) is 50.9 Å². The van der Waals surface area contributed by atoms with E-state index in [0.29, 0.717) is 13.1 Å². The Morgan fingerprint density at radius 1 is 1.45 bits per heavy atom. The molecule has 1 aliphatic heterocycles. The largest absolute Gasteiger partial charge is 0.469 e. The van der Waals surface area contributed by atoms with E-state index in [0.717, 1.165) is 24.2 Å². The van der Waals surface area contributed by atoms with Gasteiger partial charge >= 0.3 is 6.09 Å². The topological polar surface area (TPSA) is 62.9 Å². The Morgan fingerprint density at radius 3 is 2.65 bits per heavy atom. The first kappa shape index (κ1) is 14.9. The molecule has 0 aromatic carbocycles. The van der Waals surface area contributed by atoms with E-state index in [1.54, 1.807) is 17.2 Å². The van der Waals surface area contributed by atoms with Gasteiger partial charge in [-0.15, -0.1) is 0 Å². The smallest absolute Gasteiger partial charge is 0.410 e. The summed E-state index contributed by atoms with van der Waals surface area (Å²) in [6, 6.07) is 1.80. The summed E-state index contributed by atoms with van der Waals surface area (Å²) in [4.78, 5) is 13.7. The highest BCUT2D eigenvalue weighted by atomic mass is 16.6. The quantitative estimate of drug-likeness (QED) is 0.905. The molecule has 0 atom stereocenters. The molecule has 2 rings (SSSR count). The Kier molecular flexibility index (Phi) is 4.38. The Morgan fingerprint density at radius 2 is 2.10 bits per heavy atom. The highest BCUT2D eigenvalue weighted by Crippen LogP contribution is 2.31. The van der Waals surface area contributed by atoms with Crippen LogP contribution in [0.4, 0.5) is 4.79 Å². The molecule has 5 nitrogen and oxygen atoms in total. The lowest BCUT2D eigenvalue weighted by Crippen LogP contribution is -2.41. The molecule has 112 valence electrons. The molecule has 1 amide bonds. The minimum Gasteiger partial charge on any atom is -0.469 e. The summed E-state index contributed by atoms with van der Waals surface area (Å²) in [6.45, 7) is 6.92. The molecule has 2 heterocycles. The van der Waals surface area contributed by atoms with Crippen LogP contribution in [-0.4, -0.2) is 34.8 Å². The number of aliphatic hydroxyl groups is 1. The van der Waals surface area contributed by atoms with E-state index in [2.05, 4.69) is 0 Å². The van der Waals surface area contributed by atoms with Crippen LogP contribution < -0.4 is 0 Å². The third kappa shape index (κ3) is 3.54. The highest BCUT2D eigenvalue weighted by molar-refractivity contribution is 5.68. The first-order valence-electron chi connectivity index (χ1n) is 7.06. The molecule has 20 heavy (non-hydrogen) atoms. The van der Waals surface area contributed by atoms with E-state index in [9.17, 15) is 9.90 Å². The van der Waals surface area contributed by atoms with Crippen LogP contribution in [0.2, 0.25) is 0 Å². The summed E-state index contributed by atoms with van der Waals surface area (Å²) in [5, 5.41) is 9.26. The van der Waals surface area contributed by atoms with Gasteiger partial charge in [0.25, 0.3) is 0 Å². The lowest BCUT2D eigenvalue weighted by atomic mass is 9.92. The fourth-order valence-corrected chi connectivity index (χ4v) is 2.49. The van der Waals surface area contributed by atoms with Gasteiger partial charge in [-0.3, -0.25) is 0 Å². The molecule has 0 unspecified atom stereocenters. The number of piperidine rings is 1. The Balaban J connectivity index is 1.91. The first-order chi connectivity index (χ1) is 9.40. The van der Waals surface area contributed by atoms with Crippen LogP contribution in [0.5, 0.6) is 0 Å². The maximum atomic E-state index is 12.0. The van der Waals surface area contributed by atoms with E-state index in [1.165, 1.54) is 0 Å². The molecule has 1 fully saturated rings. The SMILES string of the molecule is CC(C)(C)OC(=O)N1CCC(c2occc2CO)CC1. The standard InChI is InChI=1S/C15H23NO4/c1-15(2,3)20-14(18)16-7-4-11(5-8-16)13-12(10-17)6-9-19-13/h6,9,11,17H,4-5,7-8,10H2,1-3H3. The Bertz CT molecular complexity index is 453. The number of likely N-dealkylation sites (tertiary alicyclic amines) is 1. The fraction of sp³-hybridized carbons (Fsp3) is 0.667. The van der Waals surface area contributed by atoms with Crippen LogP contribution in [0.3, 0.4) is 0 Å². The number of hydrogen-bond donors (Lipinski definition) is 1. The summed E-state index contributed by atoms with van der Waals surface area (Å²) in [5.41, 5.74) is 0.389. The van der Waals surface area contributed by atoms with Gasteiger partial charge in [-0.1, -0.05) is 0 Å². The van der Waals surface area contributed by atoms with E-state index < -0.39 is 5.60 Å². The van der Waals surface area contributed by atoms with Gasteiger partial charge in [0, 0.05) is 24.6 Å². The van der Waals surface area contributed by atoms with E-state index in [4.69, 9.17) is 9.15 Å². The normalized spacial score (nSPS) is 17.3. The molecule has 0 saturated carbocycles. The summed E-state index contributed by atoms with van der Waals surface area (Å²) >= 11 is 0. The van der Waals surface area contributed by atoms with Crippen LogP contribution in [-0.2, 0) is 11.3 Å². The minimum atomic E-state index is -0.459. The molecule has 0 spiro atoms. The molecule has 0 aliphatic carbocycles. The van der Waals surface area contributed by atoms with Crippen molar-refractivity contribution in [3.63, 3.8) is 0 Å². The van der Waals surface area contributed by atoms with Crippen LogP contribution in [0.15, 0.2) is 16.7 Å². The molecule has 0 radical (unpaired) electrons. The molecule has 0 bridgehead atoms. The predicted octanol–water partition coefficient (Wildman–Crippen LogP) is 2.89. The zero-order valence-corrected chi connectivity index (χ0v) is 12.4. The Labute approximate surface area is 119 Å². The number of ether oxygens (including phenoxy) is 1. The summed E-state index contributed by atoms with van der Waals surface area (Å²) in [6.07, 6.45) is 3.03. The summed E-state index contributed by atoms with van der Waals surface area (Å²) < 4.78 is 10.8. The molecule has 1 saturated heterocycles. The van der Waals surface area contributed by atoms with Crippen molar-refractivity contribution in [3.8, 4) is 0 Å². The van der Waals surface area contributed by atoms with Gasteiger partial charge in [0.1, 0.15) is 11.4 Å². The van der Waals surface area contributed by atoms with Gasteiger partial charge in [0.2, 0.25) is 0 Å². The zero-order valence-electron chi connectivity index (χ0n) is 12.4. The second-order valence-electron chi connectivity index (χ2n) is 6.21.